The highest BCUT2D eigenvalue weighted by Crippen LogP contribution is 1.97. The maximum absolute atomic E-state index is 5.50. The zero-order valence-electron chi connectivity index (χ0n) is 13.4. The average Bonchev–Trinajstić information content (AvgIpc) is 2.37. The third-order valence-corrected chi connectivity index (χ3v) is 3.13. The van der Waals surface area contributed by atoms with E-state index in [4.69, 9.17) is 4.74 Å². The number of ether oxygens (including phenoxy) is 1. The number of rotatable bonds is 11. The molecule has 0 aliphatic carbocycles. The Bertz CT molecular complexity index is 228. The van der Waals surface area contributed by atoms with Crippen LogP contribution in [0.1, 0.15) is 40.0 Å². The highest BCUT2D eigenvalue weighted by Gasteiger charge is 1.97. The molecule has 20 heavy (non-hydrogen) atoms. The van der Waals surface area contributed by atoms with E-state index < -0.39 is 0 Å². The summed E-state index contributed by atoms with van der Waals surface area (Å²) in [7, 11) is 0. The maximum Gasteiger partial charge on any atom is 0.191 e. The number of aliphatic imine (C=N–C) groups is 1. The summed E-state index contributed by atoms with van der Waals surface area (Å²) in [5, 5.41) is 6.63. The lowest BCUT2D eigenvalue weighted by molar-refractivity contribution is 0.0782. The Kier molecular flexibility index (Phi) is 19.6. The minimum absolute atomic E-state index is 0. The zero-order chi connectivity index (χ0) is 14.3. The minimum atomic E-state index is 0. The van der Waals surface area contributed by atoms with Gasteiger partial charge in [0, 0.05) is 26.2 Å². The quantitative estimate of drug-likeness (QED) is 0.235. The molecule has 0 aliphatic heterocycles. The van der Waals surface area contributed by atoms with E-state index in [0.29, 0.717) is 6.10 Å². The van der Waals surface area contributed by atoms with E-state index in [1.54, 1.807) is 0 Å². The number of hydrogen-bond donors (Lipinski definition) is 2. The second-order valence-corrected chi connectivity index (χ2v) is 5.65. The van der Waals surface area contributed by atoms with E-state index in [0.717, 1.165) is 38.6 Å². The number of halogens is 1. The number of nitrogens with one attached hydrogen (secondary N) is 2. The molecule has 0 aromatic heterocycles. The number of unbranched alkanes of at least 4 members (excludes halogenated alkanes) is 1. The second kappa shape index (κ2) is 17.4. The highest BCUT2D eigenvalue weighted by atomic mass is 127. The van der Waals surface area contributed by atoms with Crippen LogP contribution < -0.4 is 10.6 Å². The molecule has 0 heterocycles. The van der Waals surface area contributed by atoms with Crippen LogP contribution in [0, 0.1) is 0 Å². The molecular formula is C14H32IN3OS. The zero-order valence-corrected chi connectivity index (χ0v) is 16.6. The fourth-order valence-corrected chi connectivity index (χ4v) is 1.99. The molecule has 0 aromatic carbocycles. The predicted octanol–water partition coefficient (Wildman–Crippen LogP) is 3.12. The van der Waals surface area contributed by atoms with Gasteiger partial charge in [-0.25, -0.2) is 0 Å². The molecule has 0 amide bonds. The van der Waals surface area contributed by atoms with E-state index in [2.05, 4.69) is 42.7 Å². The maximum atomic E-state index is 5.50. The first-order chi connectivity index (χ1) is 9.20. The van der Waals surface area contributed by atoms with Gasteiger partial charge in [-0.3, -0.25) is 4.99 Å². The largest absolute Gasteiger partial charge is 0.379 e. The molecule has 0 atom stereocenters. The number of hydrogen-bond acceptors (Lipinski definition) is 3. The lowest BCUT2D eigenvalue weighted by Gasteiger charge is -2.11. The Labute approximate surface area is 146 Å². The van der Waals surface area contributed by atoms with Gasteiger partial charge in [-0.05, 0) is 52.0 Å². The lowest BCUT2D eigenvalue weighted by Crippen LogP contribution is -2.38. The van der Waals surface area contributed by atoms with Crippen molar-refractivity contribution >= 4 is 41.7 Å². The van der Waals surface area contributed by atoms with Crippen LogP contribution in [0.2, 0.25) is 0 Å². The SMILES string of the molecule is CCNC(=NCCCOC(C)C)NCCCCSC.I. The smallest absolute Gasteiger partial charge is 0.191 e. The van der Waals surface area contributed by atoms with Crippen molar-refractivity contribution in [3.05, 3.63) is 0 Å². The number of nitrogens with zero attached hydrogens (tertiary/aromatic N) is 1. The summed E-state index contributed by atoms with van der Waals surface area (Å²) >= 11 is 1.90. The summed E-state index contributed by atoms with van der Waals surface area (Å²) in [6.07, 6.45) is 5.89. The topological polar surface area (TPSA) is 45.7 Å². The molecule has 4 nitrogen and oxygen atoms in total. The molecule has 0 saturated carbocycles. The van der Waals surface area contributed by atoms with Crippen LogP contribution in [-0.4, -0.2) is 50.3 Å². The normalized spacial score (nSPS) is 11.3. The van der Waals surface area contributed by atoms with E-state index in [1.165, 1.54) is 18.6 Å². The molecule has 0 unspecified atom stereocenters. The molecule has 0 rings (SSSR count). The van der Waals surface area contributed by atoms with Gasteiger partial charge in [-0.1, -0.05) is 0 Å². The molecule has 0 aromatic rings. The molecule has 6 heteroatoms. The van der Waals surface area contributed by atoms with Gasteiger partial charge in [0.05, 0.1) is 6.10 Å². The summed E-state index contributed by atoms with van der Waals surface area (Å²) in [5.41, 5.74) is 0. The Hall–Kier alpha value is 0.310. The van der Waals surface area contributed by atoms with Crippen LogP contribution in [0.15, 0.2) is 4.99 Å². The molecule has 0 spiro atoms. The first-order valence-corrected chi connectivity index (χ1v) is 8.72. The van der Waals surface area contributed by atoms with Crippen molar-refractivity contribution in [2.45, 2.75) is 46.1 Å². The Balaban J connectivity index is 0. The third-order valence-electron chi connectivity index (χ3n) is 2.44. The van der Waals surface area contributed by atoms with Crippen molar-refractivity contribution in [2.24, 2.45) is 4.99 Å². The standard InChI is InChI=1S/C14H31N3OS.HI/c1-5-15-14(16-9-6-7-12-19-4)17-10-8-11-18-13(2)3;/h13H,5-12H2,1-4H3,(H2,15,16,17);1H. The minimum Gasteiger partial charge on any atom is -0.379 e. The second-order valence-electron chi connectivity index (χ2n) is 4.66. The van der Waals surface area contributed by atoms with Gasteiger partial charge >= 0.3 is 0 Å². The van der Waals surface area contributed by atoms with Crippen LogP contribution in [0.25, 0.3) is 0 Å². The lowest BCUT2D eigenvalue weighted by atomic mass is 10.3. The van der Waals surface area contributed by atoms with Gasteiger partial charge in [0.15, 0.2) is 5.96 Å². The average molecular weight is 417 g/mol. The Morgan fingerprint density at radius 3 is 2.55 bits per heavy atom. The highest BCUT2D eigenvalue weighted by molar-refractivity contribution is 14.0. The van der Waals surface area contributed by atoms with Gasteiger partial charge < -0.3 is 15.4 Å². The van der Waals surface area contributed by atoms with Crippen molar-refractivity contribution in [1.29, 1.82) is 0 Å². The predicted molar refractivity (Wildman–Crippen MR) is 103 cm³/mol. The Morgan fingerprint density at radius 2 is 1.95 bits per heavy atom. The van der Waals surface area contributed by atoms with Crippen LogP contribution in [-0.2, 0) is 4.74 Å². The summed E-state index contributed by atoms with van der Waals surface area (Å²) in [6, 6.07) is 0. The number of thioether (sulfide) groups is 1. The van der Waals surface area contributed by atoms with Crippen molar-refractivity contribution in [2.75, 3.05) is 38.2 Å². The first-order valence-electron chi connectivity index (χ1n) is 7.33. The van der Waals surface area contributed by atoms with Gasteiger partial charge in [0.25, 0.3) is 0 Å². The summed E-state index contributed by atoms with van der Waals surface area (Å²) < 4.78 is 5.50. The first kappa shape index (κ1) is 22.6. The number of guanidine groups is 1. The van der Waals surface area contributed by atoms with Gasteiger partial charge in [-0.2, -0.15) is 11.8 Å². The van der Waals surface area contributed by atoms with E-state index in [-0.39, 0.29) is 24.0 Å². The van der Waals surface area contributed by atoms with E-state index in [1.807, 2.05) is 11.8 Å². The third kappa shape index (κ3) is 16.4. The molecule has 2 N–H and O–H groups in total. The fraction of sp³-hybridized carbons (Fsp3) is 0.929. The van der Waals surface area contributed by atoms with Crippen molar-refractivity contribution in [3.8, 4) is 0 Å². The molecule has 0 radical (unpaired) electrons. The van der Waals surface area contributed by atoms with Crippen LogP contribution in [0.4, 0.5) is 0 Å². The van der Waals surface area contributed by atoms with Gasteiger partial charge in [0.2, 0.25) is 0 Å². The van der Waals surface area contributed by atoms with Crippen LogP contribution in [0.3, 0.4) is 0 Å². The summed E-state index contributed by atoms with van der Waals surface area (Å²) in [6.45, 7) is 9.70. The fourth-order valence-electron chi connectivity index (χ4n) is 1.49. The van der Waals surface area contributed by atoms with E-state index >= 15 is 0 Å². The van der Waals surface area contributed by atoms with Crippen LogP contribution >= 0.6 is 35.7 Å². The van der Waals surface area contributed by atoms with E-state index in [9.17, 15) is 0 Å². The molecule has 0 aliphatic rings. The van der Waals surface area contributed by atoms with Crippen molar-refractivity contribution < 1.29 is 4.74 Å². The molecule has 0 fully saturated rings. The molecule has 0 saturated heterocycles. The Morgan fingerprint density at radius 1 is 1.20 bits per heavy atom. The van der Waals surface area contributed by atoms with Gasteiger partial charge in [0.1, 0.15) is 0 Å². The monoisotopic (exact) mass is 417 g/mol. The van der Waals surface area contributed by atoms with Crippen molar-refractivity contribution in [3.63, 3.8) is 0 Å². The molecule has 122 valence electrons. The molecule has 0 bridgehead atoms. The van der Waals surface area contributed by atoms with Gasteiger partial charge in [-0.15, -0.1) is 24.0 Å². The summed E-state index contributed by atoms with van der Waals surface area (Å²) in [5.74, 6) is 2.17. The van der Waals surface area contributed by atoms with Crippen LogP contribution in [0.5, 0.6) is 0 Å². The van der Waals surface area contributed by atoms with Crippen molar-refractivity contribution in [1.82, 2.24) is 10.6 Å². The molecular weight excluding hydrogens is 385 g/mol. The summed E-state index contributed by atoms with van der Waals surface area (Å²) in [4.78, 5) is 4.54.